The van der Waals surface area contributed by atoms with Gasteiger partial charge in [0.15, 0.2) is 0 Å². The molecule has 2 fully saturated rings. The number of nitrogens with one attached hydrogen (secondary N) is 2. The summed E-state index contributed by atoms with van der Waals surface area (Å²) in [5.41, 5.74) is 9.14. The van der Waals surface area contributed by atoms with Crippen molar-refractivity contribution in [3.63, 3.8) is 0 Å². The summed E-state index contributed by atoms with van der Waals surface area (Å²) in [6, 6.07) is -1.76. The Hall–Kier alpha value is -4.11. The smallest absolute Gasteiger partial charge is 0.467 e. The summed E-state index contributed by atoms with van der Waals surface area (Å²) in [5, 5.41) is 5.35. The molecule has 4 rings (SSSR count). The van der Waals surface area contributed by atoms with E-state index in [2.05, 4.69) is 24.5 Å². The highest BCUT2D eigenvalue weighted by molar-refractivity contribution is 6.63. The number of hydrogen-bond acceptors (Lipinski definition) is 12. The minimum absolute atomic E-state index is 0.261. The lowest BCUT2D eigenvalue weighted by molar-refractivity contribution is -0.143. The molecule has 2 aliphatic rings. The van der Waals surface area contributed by atoms with Gasteiger partial charge in [0, 0.05) is 12.8 Å². The molecular formula is C50H80B2N2O12. The molecule has 0 radical (unpaired) electrons. The predicted molar refractivity (Wildman–Crippen MR) is 260 cm³/mol. The third-order valence-corrected chi connectivity index (χ3v) is 13.8. The number of methoxy groups -OCH3 is 2. The highest BCUT2D eigenvalue weighted by atomic mass is 16.7. The van der Waals surface area contributed by atoms with Gasteiger partial charge in [-0.2, -0.15) is 0 Å². The van der Waals surface area contributed by atoms with Crippen LogP contribution in [-0.2, 0) is 60.0 Å². The Labute approximate surface area is 396 Å². The van der Waals surface area contributed by atoms with Gasteiger partial charge >= 0.3 is 38.4 Å². The van der Waals surface area contributed by atoms with E-state index in [-0.39, 0.29) is 12.8 Å². The molecule has 2 N–H and O–H groups in total. The Morgan fingerprint density at radius 2 is 0.727 bits per heavy atom. The zero-order valence-electron chi connectivity index (χ0n) is 44.6. The monoisotopic (exact) mass is 923 g/mol. The summed E-state index contributed by atoms with van der Waals surface area (Å²) < 4.78 is 46.0. The number of benzene rings is 2. The second-order valence-electron chi connectivity index (χ2n) is 21.8. The first-order valence-corrected chi connectivity index (χ1v) is 22.9. The predicted octanol–water partition coefficient (Wildman–Crippen LogP) is 7.66. The second kappa shape index (κ2) is 20.2. The molecule has 0 saturated carbocycles. The minimum atomic E-state index is -0.893. The third kappa shape index (κ3) is 12.7. The van der Waals surface area contributed by atoms with Gasteiger partial charge in [-0.15, -0.1) is 0 Å². The molecule has 2 heterocycles. The van der Waals surface area contributed by atoms with Crippen LogP contribution in [0.2, 0.25) is 0 Å². The summed E-state index contributed by atoms with van der Waals surface area (Å²) in [4.78, 5) is 49.8. The quantitative estimate of drug-likeness (QED) is 0.136. The molecule has 0 aliphatic carbocycles. The van der Waals surface area contributed by atoms with Crippen LogP contribution in [0.15, 0.2) is 0 Å². The SMILES string of the molecule is COC(=O)[C@H](Cc1c(C)c(C)c(B2OC(C)(C)C(C)(C)O2)c(C)c1C)NC(=O)OC(C)(C)C.COC(=O)[C@H](Cc1c(C)c(C)c(C)c(B2OC(C)(C)C(C)(C)O2)c1C)NC(=O)OC(C)(C)C. The van der Waals surface area contributed by atoms with Gasteiger partial charge in [0.2, 0.25) is 0 Å². The highest BCUT2D eigenvalue weighted by Gasteiger charge is 2.54. The molecule has 2 aliphatic heterocycles. The lowest BCUT2D eigenvalue weighted by atomic mass is 9.69. The number of carbonyl (C=O) groups is 4. The van der Waals surface area contributed by atoms with Gasteiger partial charge in [0.05, 0.1) is 36.6 Å². The Kier molecular flexibility index (Phi) is 17.2. The molecular weight excluding hydrogens is 842 g/mol. The van der Waals surface area contributed by atoms with Crippen LogP contribution in [-0.4, -0.2) is 98.3 Å². The van der Waals surface area contributed by atoms with E-state index < -0.39 is 84.1 Å². The van der Waals surface area contributed by atoms with Crippen molar-refractivity contribution < 1.29 is 56.7 Å². The summed E-state index contributed by atoms with van der Waals surface area (Å²) in [6.45, 7) is 43.2. The van der Waals surface area contributed by atoms with Crippen LogP contribution in [0.1, 0.15) is 153 Å². The zero-order valence-corrected chi connectivity index (χ0v) is 44.6. The van der Waals surface area contributed by atoms with Crippen LogP contribution in [0.3, 0.4) is 0 Å². The van der Waals surface area contributed by atoms with Crippen LogP contribution in [0.5, 0.6) is 0 Å². The van der Waals surface area contributed by atoms with E-state index in [1.54, 1.807) is 41.5 Å². The largest absolute Gasteiger partial charge is 0.495 e. The molecule has 2 aromatic rings. The van der Waals surface area contributed by atoms with Crippen molar-refractivity contribution in [3.8, 4) is 0 Å². The molecule has 368 valence electrons. The Morgan fingerprint density at radius 1 is 0.470 bits per heavy atom. The van der Waals surface area contributed by atoms with Crippen LogP contribution in [0.25, 0.3) is 0 Å². The molecule has 2 aromatic carbocycles. The number of hydrogen-bond donors (Lipinski definition) is 2. The number of rotatable bonds is 10. The van der Waals surface area contributed by atoms with E-state index in [0.29, 0.717) is 0 Å². The maximum absolute atomic E-state index is 12.6. The number of carbonyl (C=O) groups excluding carboxylic acids is 4. The van der Waals surface area contributed by atoms with Crippen LogP contribution >= 0.6 is 0 Å². The molecule has 2 atom stereocenters. The van der Waals surface area contributed by atoms with Crippen molar-refractivity contribution in [2.75, 3.05) is 14.2 Å². The average molecular weight is 923 g/mol. The van der Waals surface area contributed by atoms with E-state index in [4.69, 9.17) is 37.6 Å². The highest BCUT2D eigenvalue weighted by Crippen LogP contribution is 2.39. The van der Waals surface area contributed by atoms with Crippen molar-refractivity contribution in [1.29, 1.82) is 0 Å². The van der Waals surface area contributed by atoms with Crippen LogP contribution < -0.4 is 21.6 Å². The molecule has 0 bridgehead atoms. The van der Waals surface area contributed by atoms with Crippen LogP contribution in [0, 0.1) is 55.4 Å². The summed E-state index contributed by atoms with van der Waals surface area (Å²) in [6.07, 6.45) is -0.773. The van der Waals surface area contributed by atoms with Crippen molar-refractivity contribution >= 4 is 49.3 Å². The Bertz CT molecular complexity index is 2110. The van der Waals surface area contributed by atoms with E-state index in [9.17, 15) is 19.2 Å². The van der Waals surface area contributed by atoms with E-state index >= 15 is 0 Å². The van der Waals surface area contributed by atoms with E-state index in [1.165, 1.54) is 14.2 Å². The summed E-state index contributed by atoms with van der Waals surface area (Å²) >= 11 is 0. The normalized spacial score (nSPS) is 18.1. The molecule has 0 aromatic heterocycles. The van der Waals surface area contributed by atoms with Crippen molar-refractivity contribution in [3.05, 3.63) is 55.6 Å². The van der Waals surface area contributed by atoms with E-state index in [0.717, 1.165) is 66.6 Å². The van der Waals surface area contributed by atoms with Crippen molar-refractivity contribution in [2.24, 2.45) is 0 Å². The lowest BCUT2D eigenvalue weighted by Gasteiger charge is -2.32. The zero-order chi connectivity index (χ0) is 51.0. The van der Waals surface area contributed by atoms with E-state index in [1.807, 2.05) is 96.9 Å². The maximum atomic E-state index is 12.6. The van der Waals surface area contributed by atoms with Gasteiger partial charge in [-0.05, 0) is 219 Å². The second-order valence-corrected chi connectivity index (χ2v) is 21.8. The number of ether oxygens (including phenoxy) is 4. The lowest BCUT2D eigenvalue weighted by Crippen LogP contribution is -2.46. The van der Waals surface area contributed by atoms with Crippen LogP contribution in [0.4, 0.5) is 9.59 Å². The molecule has 66 heavy (non-hydrogen) atoms. The fourth-order valence-electron chi connectivity index (χ4n) is 8.07. The molecule has 2 amide bonds. The van der Waals surface area contributed by atoms with Crippen molar-refractivity contribution in [1.82, 2.24) is 10.6 Å². The first-order chi connectivity index (χ1) is 29.8. The molecule has 0 unspecified atom stereocenters. The maximum Gasteiger partial charge on any atom is 0.495 e. The molecule has 2 saturated heterocycles. The molecule has 16 heteroatoms. The van der Waals surface area contributed by atoms with Gasteiger partial charge < -0.3 is 48.2 Å². The van der Waals surface area contributed by atoms with Gasteiger partial charge in [0.1, 0.15) is 23.3 Å². The fourth-order valence-corrected chi connectivity index (χ4v) is 8.07. The van der Waals surface area contributed by atoms with Gasteiger partial charge in [-0.25, -0.2) is 19.2 Å². The number of alkyl carbamates (subject to hydrolysis) is 2. The Morgan fingerprint density at radius 3 is 1.02 bits per heavy atom. The number of esters is 2. The van der Waals surface area contributed by atoms with Gasteiger partial charge in [0.25, 0.3) is 0 Å². The summed E-state index contributed by atoms with van der Waals surface area (Å²) in [7, 11) is 1.62. The standard InChI is InChI=1S/2C25H40BNO6/c1-14-16(3)20(26-32-24(8,9)25(10,11)33-26)17(4)15(2)18(14)13-19(21(28)30-12)27-22(29)31-23(5,6)7;1-14-15(2)18(13-19(21(28)30-12)27-22(29)31-23(5,6)7)17(4)20(16(14)3)26-32-24(8,9)25(10,11)33-26/h2*19H,13H2,1-12H3,(H,27,29)/t2*19-/m00/s1. The third-order valence-electron chi connectivity index (χ3n) is 13.8. The molecule has 14 nitrogen and oxygen atoms in total. The van der Waals surface area contributed by atoms with Gasteiger partial charge in [-0.3, -0.25) is 0 Å². The fraction of sp³-hybridized carbons (Fsp3) is 0.680. The average Bonchev–Trinajstić information content (AvgIpc) is 3.51. The van der Waals surface area contributed by atoms with Gasteiger partial charge in [-0.1, -0.05) is 0 Å². The minimum Gasteiger partial charge on any atom is -0.467 e. The Balaban J connectivity index is 0.000000350. The molecule has 0 spiro atoms. The summed E-state index contributed by atoms with van der Waals surface area (Å²) in [5.74, 6) is -1.06. The number of amides is 2. The topological polar surface area (TPSA) is 166 Å². The van der Waals surface area contributed by atoms with Crippen molar-refractivity contribution in [2.45, 2.75) is 211 Å². The first-order valence-electron chi connectivity index (χ1n) is 22.9. The first kappa shape index (κ1) is 56.2.